The van der Waals surface area contributed by atoms with Crippen LogP contribution in [0, 0.1) is 6.92 Å². The Balaban J connectivity index is 1.65. The molecular formula is C35H32N2O4S. The first kappa shape index (κ1) is 27.5. The molecule has 6 nitrogen and oxygen atoms in total. The van der Waals surface area contributed by atoms with E-state index in [-0.39, 0.29) is 4.90 Å². The van der Waals surface area contributed by atoms with Gasteiger partial charge in [-0.3, -0.25) is 0 Å². The molecule has 0 saturated carbocycles. The first-order valence-electron chi connectivity index (χ1n) is 14.0. The second kappa shape index (κ2) is 11.3. The monoisotopic (exact) mass is 576 g/mol. The molecule has 1 aliphatic heterocycles. The number of aromatic nitrogens is 1. The normalized spacial score (nSPS) is 16.7. The maximum absolute atomic E-state index is 14.4. The standard InChI is InChI=1S/C35H32N2O4S/c1-25-17-19-28(20-18-25)42(39,40)37-31-16-10-9-15-29(31)34-32(37)21-22-36(23-26-11-5-3-6-12-26)24-30(35(38)41-2)33(34)27-13-7-4-8-14-27/h3-20,24,33H,21-23H2,1-2H3/b30-24+/t33-/m1/s1. The largest absolute Gasteiger partial charge is 0.466 e. The molecule has 0 aliphatic carbocycles. The van der Waals surface area contributed by atoms with Gasteiger partial charge in [-0.15, -0.1) is 0 Å². The molecule has 2 heterocycles. The summed E-state index contributed by atoms with van der Waals surface area (Å²) in [6, 6.07) is 34.3. The predicted molar refractivity (Wildman–Crippen MR) is 165 cm³/mol. The van der Waals surface area contributed by atoms with Crippen LogP contribution in [0.4, 0.5) is 0 Å². The minimum atomic E-state index is -3.97. The Morgan fingerprint density at radius 3 is 2.19 bits per heavy atom. The maximum atomic E-state index is 14.4. The van der Waals surface area contributed by atoms with Crippen molar-refractivity contribution < 1.29 is 17.9 Å². The molecule has 212 valence electrons. The molecule has 5 aromatic rings. The summed E-state index contributed by atoms with van der Waals surface area (Å²) >= 11 is 0. The number of ether oxygens (including phenoxy) is 1. The van der Waals surface area contributed by atoms with Gasteiger partial charge in [-0.2, -0.15) is 0 Å². The summed E-state index contributed by atoms with van der Waals surface area (Å²) in [6.07, 6.45) is 2.36. The van der Waals surface area contributed by atoms with E-state index < -0.39 is 21.9 Å². The fourth-order valence-corrected chi connectivity index (χ4v) is 7.49. The van der Waals surface area contributed by atoms with Crippen molar-refractivity contribution in [3.63, 3.8) is 0 Å². The highest BCUT2D eigenvalue weighted by molar-refractivity contribution is 7.90. The van der Waals surface area contributed by atoms with Crippen LogP contribution in [0.2, 0.25) is 0 Å². The van der Waals surface area contributed by atoms with Gasteiger partial charge in [0.1, 0.15) is 0 Å². The highest BCUT2D eigenvalue weighted by atomic mass is 32.2. The van der Waals surface area contributed by atoms with Crippen molar-refractivity contribution in [3.05, 3.63) is 149 Å². The molecule has 0 fully saturated rings. The number of rotatable bonds is 6. The average Bonchev–Trinajstić information content (AvgIpc) is 3.33. The van der Waals surface area contributed by atoms with E-state index in [1.807, 2.05) is 110 Å². The lowest BCUT2D eigenvalue weighted by Crippen LogP contribution is -2.29. The molecule has 42 heavy (non-hydrogen) atoms. The van der Waals surface area contributed by atoms with E-state index in [0.717, 1.165) is 27.6 Å². The number of nitrogens with zero attached hydrogens (tertiary/aromatic N) is 2. The van der Waals surface area contributed by atoms with Gasteiger partial charge >= 0.3 is 5.97 Å². The molecule has 0 amide bonds. The zero-order valence-electron chi connectivity index (χ0n) is 23.6. The van der Waals surface area contributed by atoms with Gasteiger partial charge in [-0.1, -0.05) is 96.6 Å². The molecule has 0 N–H and O–H groups in total. The van der Waals surface area contributed by atoms with E-state index in [9.17, 15) is 13.2 Å². The first-order chi connectivity index (χ1) is 20.4. The number of esters is 1. The predicted octanol–water partition coefficient (Wildman–Crippen LogP) is 6.43. The van der Waals surface area contributed by atoms with E-state index in [4.69, 9.17) is 4.74 Å². The molecule has 1 aromatic heterocycles. The van der Waals surface area contributed by atoms with Crippen molar-refractivity contribution >= 4 is 26.9 Å². The van der Waals surface area contributed by atoms with Crippen LogP contribution in [-0.4, -0.2) is 36.9 Å². The van der Waals surface area contributed by atoms with Gasteiger partial charge in [0.15, 0.2) is 0 Å². The third kappa shape index (κ3) is 5.01. The van der Waals surface area contributed by atoms with E-state index in [1.165, 1.54) is 11.1 Å². The van der Waals surface area contributed by atoms with E-state index in [1.54, 1.807) is 12.1 Å². The third-order valence-electron chi connectivity index (χ3n) is 7.87. The molecule has 0 spiro atoms. The summed E-state index contributed by atoms with van der Waals surface area (Å²) < 4.78 is 35.7. The van der Waals surface area contributed by atoms with Crippen molar-refractivity contribution in [2.75, 3.05) is 13.7 Å². The molecule has 0 bridgehead atoms. The van der Waals surface area contributed by atoms with Crippen LogP contribution in [-0.2, 0) is 32.5 Å². The third-order valence-corrected chi connectivity index (χ3v) is 9.63. The molecule has 0 unspecified atom stereocenters. The number of methoxy groups -OCH3 is 1. The minimum absolute atomic E-state index is 0.222. The van der Waals surface area contributed by atoms with Gasteiger partial charge in [0, 0.05) is 42.7 Å². The van der Waals surface area contributed by atoms with Crippen molar-refractivity contribution in [1.29, 1.82) is 0 Å². The lowest BCUT2D eigenvalue weighted by molar-refractivity contribution is -0.136. The summed E-state index contributed by atoms with van der Waals surface area (Å²) in [5.74, 6) is -1.00. The summed E-state index contributed by atoms with van der Waals surface area (Å²) in [5, 5.41) is 0.795. The maximum Gasteiger partial charge on any atom is 0.336 e. The lowest BCUT2D eigenvalue weighted by atomic mass is 9.82. The molecule has 4 aromatic carbocycles. The molecule has 0 radical (unpaired) electrons. The second-order valence-corrected chi connectivity index (χ2v) is 12.4. The average molecular weight is 577 g/mol. The highest BCUT2D eigenvalue weighted by Crippen LogP contribution is 2.43. The zero-order valence-corrected chi connectivity index (χ0v) is 24.4. The second-order valence-electron chi connectivity index (χ2n) is 10.6. The molecule has 6 rings (SSSR count). The minimum Gasteiger partial charge on any atom is -0.466 e. The van der Waals surface area contributed by atoms with Crippen molar-refractivity contribution in [2.45, 2.75) is 30.7 Å². The van der Waals surface area contributed by atoms with Gasteiger partial charge in [-0.05, 0) is 41.8 Å². The number of fused-ring (bicyclic) bond motifs is 3. The number of hydrogen-bond donors (Lipinski definition) is 0. The van der Waals surface area contributed by atoms with E-state index >= 15 is 0 Å². The number of carbonyl (C=O) groups excluding carboxylic acids is 1. The van der Waals surface area contributed by atoms with Crippen molar-refractivity contribution in [3.8, 4) is 0 Å². The van der Waals surface area contributed by atoms with Crippen molar-refractivity contribution in [1.82, 2.24) is 8.87 Å². The Bertz CT molecular complexity index is 1880. The van der Waals surface area contributed by atoms with Crippen LogP contribution in [0.15, 0.2) is 126 Å². The fourth-order valence-electron chi connectivity index (χ4n) is 5.90. The van der Waals surface area contributed by atoms with E-state index in [0.29, 0.717) is 36.3 Å². The SMILES string of the molecule is COC(=O)/C1=C/N(Cc2ccccc2)CCc2c(c3ccccc3n2S(=O)(=O)c2ccc(C)cc2)[C@@H]1c1ccccc1. The number of aryl methyl sites for hydroxylation is 1. The molecule has 7 heteroatoms. The van der Waals surface area contributed by atoms with Crippen LogP contribution in [0.1, 0.15) is 33.9 Å². The van der Waals surface area contributed by atoms with Crippen LogP contribution in [0.25, 0.3) is 10.9 Å². The number of para-hydroxylation sites is 1. The smallest absolute Gasteiger partial charge is 0.336 e. The molecule has 0 saturated heterocycles. The fraction of sp³-hybridized carbons (Fsp3) is 0.171. The number of hydrogen-bond acceptors (Lipinski definition) is 5. The van der Waals surface area contributed by atoms with Gasteiger partial charge in [0.05, 0.1) is 23.1 Å². The Morgan fingerprint density at radius 1 is 0.857 bits per heavy atom. The first-order valence-corrected chi connectivity index (χ1v) is 15.4. The Hall–Kier alpha value is -4.62. The highest BCUT2D eigenvalue weighted by Gasteiger charge is 2.36. The topological polar surface area (TPSA) is 68.6 Å². The quantitative estimate of drug-likeness (QED) is 0.218. The van der Waals surface area contributed by atoms with Gasteiger partial charge in [0.25, 0.3) is 10.0 Å². The Kier molecular flexibility index (Phi) is 7.43. The van der Waals surface area contributed by atoms with Crippen molar-refractivity contribution in [2.24, 2.45) is 0 Å². The van der Waals surface area contributed by atoms with Gasteiger partial charge in [-0.25, -0.2) is 17.2 Å². The Labute approximate surface area is 246 Å². The number of carbonyl (C=O) groups is 1. The zero-order chi connectivity index (χ0) is 29.3. The molecule has 1 aliphatic rings. The molecule has 1 atom stereocenters. The summed E-state index contributed by atoms with van der Waals surface area (Å²) in [5.41, 5.74) is 5.47. The van der Waals surface area contributed by atoms with E-state index in [2.05, 4.69) is 4.90 Å². The molecular weight excluding hydrogens is 544 g/mol. The van der Waals surface area contributed by atoms with Gasteiger partial charge < -0.3 is 9.64 Å². The van der Waals surface area contributed by atoms with Crippen LogP contribution in [0.5, 0.6) is 0 Å². The summed E-state index contributed by atoms with van der Waals surface area (Å²) in [4.78, 5) is 15.9. The Morgan fingerprint density at radius 2 is 1.50 bits per heavy atom. The lowest BCUT2D eigenvalue weighted by Gasteiger charge is -2.29. The van der Waals surface area contributed by atoms with Crippen LogP contribution < -0.4 is 0 Å². The van der Waals surface area contributed by atoms with Gasteiger partial charge in [0.2, 0.25) is 0 Å². The summed E-state index contributed by atoms with van der Waals surface area (Å²) in [7, 11) is -2.58. The van der Waals surface area contributed by atoms with Crippen LogP contribution >= 0.6 is 0 Å². The summed E-state index contributed by atoms with van der Waals surface area (Å²) in [6.45, 7) is 3.00. The van der Waals surface area contributed by atoms with Crippen LogP contribution in [0.3, 0.4) is 0 Å². The number of benzene rings is 4.